The van der Waals surface area contributed by atoms with Gasteiger partial charge in [0.1, 0.15) is 0 Å². The highest BCUT2D eigenvalue weighted by molar-refractivity contribution is 5.75. The fourth-order valence-electron chi connectivity index (χ4n) is 3.28. The van der Waals surface area contributed by atoms with E-state index >= 15 is 0 Å². The molecule has 6 nitrogen and oxygen atoms in total. The van der Waals surface area contributed by atoms with Gasteiger partial charge in [0.25, 0.3) is 0 Å². The highest BCUT2D eigenvalue weighted by Crippen LogP contribution is 2.18. The first-order chi connectivity index (χ1) is 12.0. The van der Waals surface area contributed by atoms with Crippen molar-refractivity contribution in [2.45, 2.75) is 31.8 Å². The van der Waals surface area contributed by atoms with Crippen LogP contribution in [-0.2, 0) is 0 Å². The summed E-state index contributed by atoms with van der Waals surface area (Å²) in [6.45, 7) is 3.64. The number of carbonyl (C=O) groups excluding carboxylic acids is 1. The molecule has 0 saturated carbocycles. The molecule has 0 spiro atoms. The predicted octanol–water partition coefficient (Wildman–Crippen LogP) is 2.67. The van der Waals surface area contributed by atoms with Crippen LogP contribution in [-0.4, -0.2) is 58.8 Å². The van der Waals surface area contributed by atoms with Gasteiger partial charge in [0.2, 0.25) is 0 Å². The van der Waals surface area contributed by atoms with E-state index in [1.165, 1.54) is 0 Å². The minimum Gasteiger partial charge on any atom is -0.331 e. The van der Waals surface area contributed by atoms with E-state index < -0.39 is 0 Å². The SMILES string of the molecule is C[C@H](NC(=O)N1CCC[C@H](N(C)C)C1)c1cccc(-n2cccn2)c1. The fourth-order valence-corrected chi connectivity index (χ4v) is 3.28. The molecule has 25 heavy (non-hydrogen) atoms. The van der Waals surface area contributed by atoms with Crippen LogP contribution in [0.1, 0.15) is 31.4 Å². The average molecular weight is 341 g/mol. The summed E-state index contributed by atoms with van der Waals surface area (Å²) in [7, 11) is 4.16. The molecule has 2 aromatic rings. The number of likely N-dealkylation sites (N-methyl/N-ethyl adjacent to an activating group) is 1. The van der Waals surface area contributed by atoms with E-state index in [4.69, 9.17) is 0 Å². The molecule has 0 bridgehead atoms. The number of hydrogen-bond donors (Lipinski definition) is 1. The summed E-state index contributed by atoms with van der Waals surface area (Å²) < 4.78 is 1.82. The van der Waals surface area contributed by atoms with Crippen molar-refractivity contribution in [3.63, 3.8) is 0 Å². The predicted molar refractivity (Wildman–Crippen MR) is 98.8 cm³/mol. The van der Waals surface area contributed by atoms with Gasteiger partial charge in [-0.05, 0) is 57.6 Å². The van der Waals surface area contributed by atoms with Crippen molar-refractivity contribution < 1.29 is 4.79 Å². The van der Waals surface area contributed by atoms with Crippen molar-refractivity contribution in [2.75, 3.05) is 27.2 Å². The molecule has 0 radical (unpaired) electrons. The Hall–Kier alpha value is -2.34. The molecule has 1 aromatic carbocycles. The number of benzene rings is 1. The van der Waals surface area contributed by atoms with Crippen LogP contribution >= 0.6 is 0 Å². The lowest BCUT2D eigenvalue weighted by atomic mass is 10.0. The lowest BCUT2D eigenvalue weighted by molar-refractivity contribution is 0.138. The maximum Gasteiger partial charge on any atom is 0.317 e. The second kappa shape index (κ2) is 7.70. The number of carbonyl (C=O) groups is 1. The zero-order valence-electron chi connectivity index (χ0n) is 15.2. The normalized spacial score (nSPS) is 19.0. The van der Waals surface area contributed by atoms with E-state index in [2.05, 4.69) is 35.5 Å². The molecule has 2 heterocycles. The first kappa shape index (κ1) is 17.5. The molecule has 1 fully saturated rings. The molecule has 2 amide bonds. The van der Waals surface area contributed by atoms with Crippen molar-refractivity contribution in [3.8, 4) is 5.69 Å². The minimum absolute atomic E-state index is 0.0172. The fraction of sp³-hybridized carbons (Fsp3) is 0.474. The Morgan fingerprint density at radius 1 is 1.36 bits per heavy atom. The van der Waals surface area contributed by atoms with Gasteiger partial charge in [-0.25, -0.2) is 9.48 Å². The minimum atomic E-state index is -0.0530. The summed E-state index contributed by atoms with van der Waals surface area (Å²) in [6.07, 6.45) is 5.88. The quantitative estimate of drug-likeness (QED) is 0.930. The largest absolute Gasteiger partial charge is 0.331 e. The monoisotopic (exact) mass is 341 g/mol. The van der Waals surface area contributed by atoms with Crippen LogP contribution in [0.2, 0.25) is 0 Å². The third-order valence-electron chi connectivity index (χ3n) is 4.89. The van der Waals surface area contributed by atoms with Gasteiger partial charge in [0, 0.05) is 31.5 Å². The molecular weight excluding hydrogens is 314 g/mol. The number of hydrogen-bond acceptors (Lipinski definition) is 3. The summed E-state index contributed by atoms with van der Waals surface area (Å²) in [5.74, 6) is 0. The van der Waals surface area contributed by atoms with Gasteiger partial charge in [-0.3, -0.25) is 0 Å². The van der Waals surface area contributed by atoms with Gasteiger partial charge in [0.15, 0.2) is 0 Å². The number of piperidine rings is 1. The summed E-state index contributed by atoms with van der Waals surface area (Å²) in [4.78, 5) is 16.8. The lowest BCUT2D eigenvalue weighted by Crippen LogP contribution is -2.51. The number of urea groups is 1. The van der Waals surface area contributed by atoms with Crippen LogP contribution in [0.4, 0.5) is 4.79 Å². The maximum atomic E-state index is 12.6. The van der Waals surface area contributed by atoms with Crippen LogP contribution < -0.4 is 5.32 Å². The maximum absolute atomic E-state index is 12.6. The van der Waals surface area contributed by atoms with E-state index in [0.717, 1.165) is 37.2 Å². The Labute approximate surface area is 149 Å². The third-order valence-corrected chi connectivity index (χ3v) is 4.89. The first-order valence-corrected chi connectivity index (χ1v) is 8.86. The van der Waals surface area contributed by atoms with Crippen LogP contribution in [0, 0.1) is 0 Å². The molecule has 1 aliphatic rings. The Morgan fingerprint density at radius 3 is 2.92 bits per heavy atom. The zero-order valence-corrected chi connectivity index (χ0v) is 15.2. The van der Waals surface area contributed by atoms with Crippen molar-refractivity contribution >= 4 is 6.03 Å². The molecule has 6 heteroatoms. The Balaban J connectivity index is 1.64. The number of rotatable bonds is 4. The Morgan fingerprint density at radius 2 is 2.20 bits per heavy atom. The molecule has 3 rings (SSSR count). The van der Waals surface area contributed by atoms with Gasteiger partial charge < -0.3 is 15.1 Å². The summed E-state index contributed by atoms with van der Waals surface area (Å²) in [5.41, 5.74) is 2.07. The van der Waals surface area contributed by atoms with Crippen molar-refractivity contribution in [1.82, 2.24) is 24.9 Å². The standard InChI is InChI=1S/C19H27N5O/c1-15(16-7-4-8-17(13-16)24-12-6-10-20-24)21-19(25)23-11-5-9-18(14-23)22(2)3/h4,6-8,10,12-13,15,18H,5,9,11,14H2,1-3H3,(H,21,25)/t15-,18-/m0/s1. The highest BCUT2D eigenvalue weighted by atomic mass is 16.2. The van der Waals surface area contributed by atoms with E-state index in [-0.39, 0.29) is 12.1 Å². The Bertz CT molecular complexity index is 698. The van der Waals surface area contributed by atoms with Gasteiger partial charge >= 0.3 is 6.03 Å². The van der Waals surface area contributed by atoms with Crippen molar-refractivity contribution in [2.24, 2.45) is 0 Å². The molecule has 0 aliphatic carbocycles. The number of nitrogens with one attached hydrogen (secondary N) is 1. The average Bonchev–Trinajstić information content (AvgIpc) is 3.16. The van der Waals surface area contributed by atoms with Crippen LogP contribution in [0.15, 0.2) is 42.7 Å². The number of amides is 2. The van der Waals surface area contributed by atoms with Gasteiger partial charge in [0.05, 0.1) is 11.7 Å². The molecular formula is C19H27N5O. The molecule has 0 unspecified atom stereocenters. The first-order valence-electron chi connectivity index (χ1n) is 8.86. The molecule has 1 N–H and O–H groups in total. The molecule has 1 aliphatic heterocycles. The Kier molecular flexibility index (Phi) is 5.38. The second-order valence-electron chi connectivity index (χ2n) is 6.92. The third kappa shape index (κ3) is 4.20. The van der Waals surface area contributed by atoms with Gasteiger partial charge in [-0.2, -0.15) is 5.10 Å². The van der Waals surface area contributed by atoms with Crippen LogP contribution in [0.3, 0.4) is 0 Å². The van der Waals surface area contributed by atoms with Gasteiger partial charge in [-0.15, -0.1) is 0 Å². The smallest absolute Gasteiger partial charge is 0.317 e. The van der Waals surface area contributed by atoms with Crippen LogP contribution in [0.5, 0.6) is 0 Å². The molecule has 134 valence electrons. The van der Waals surface area contributed by atoms with E-state index in [9.17, 15) is 4.79 Å². The number of aromatic nitrogens is 2. The van der Waals surface area contributed by atoms with E-state index in [0.29, 0.717) is 6.04 Å². The van der Waals surface area contributed by atoms with Crippen molar-refractivity contribution in [1.29, 1.82) is 0 Å². The van der Waals surface area contributed by atoms with E-state index in [1.54, 1.807) is 6.20 Å². The molecule has 2 atom stereocenters. The zero-order chi connectivity index (χ0) is 17.8. The molecule has 1 saturated heterocycles. The molecule has 1 aromatic heterocycles. The summed E-state index contributed by atoms with van der Waals surface area (Å²) in [5, 5.41) is 7.40. The second-order valence-corrected chi connectivity index (χ2v) is 6.92. The lowest BCUT2D eigenvalue weighted by Gasteiger charge is -2.36. The van der Waals surface area contributed by atoms with Gasteiger partial charge in [-0.1, -0.05) is 12.1 Å². The number of nitrogens with zero attached hydrogens (tertiary/aromatic N) is 4. The van der Waals surface area contributed by atoms with E-state index in [1.807, 2.05) is 47.0 Å². The summed E-state index contributed by atoms with van der Waals surface area (Å²) in [6, 6.07) is 10.4. The number of likely N-dealkylation sites (tertiary alicyclic amines) is 1. The van der Waals surface area contributed by atoms with Crippen LogP contribution in [0.25, 0.3) is 5.69 Å². The highest BCUT2D eigenvalue weighted by Gasteiger charge is 2.25. The topological polar surface area (TPSA) is 53.4 Å². The van der Waals surface area contributed by atoms with Crippen molar-refractivity contribution in [3.05, 3.63) is 48.3 Å². The summed E-state index contributed by atoms with van der Waals surface area (Å²) >= 11 is 0.